The minimum atomic E-state index is -0.274. The summed E-state index contributed by atoms with van der Waals surface area (Å²) in [7, 11) is 3.61. The largest absolute Gasteiger partial charge is 0.497 e. The summed E-state index contributed by atoms with van der Waals surface area (Å²) in [6.45, 7) is 1.55. The van der Waals surface area contributed by atoms with E-state index in [-0.39, 0.29) is 11.7 Å². The van der Waals surface area contributed by atoms with Gasteiger partial charge in [-0.1, -0.05) is 12.1 Å². The van der Waals surface area contributed by atoms with Gasteiger partial charge in [0.1, 0.15) is 18.1 Å². The van der Waals surface area contributed by atoms with Crippen molar-refractivity contribution in [2.24, 2.45) is 0 Å². The Morgan fingerprint density at radius 1 is 1.09 bits per heavy atom. The number of amides is 1. The van der Waals surface area contributed by atoms with Crippen LogP contribution in [0.15, 0.2) is 48.5 Å². The van der Waals surface area contributed by atoms with E-state index in [0.717, 1.165) is 28.3 Å². The molecule has 0 aliphatic heterocycles. The van der Waals surface area contributed by atoms with Crippen molar-refractivity contribution in [3.05, 3.63) is 65.5 Å². The molecule has 0 saturated heterocycles. The molecule has 0 bridgehead atoms. The highest BCUT2D eigenvalue weighted by Crippen LogP contribution is 2.10. The molecule has 2 rings (SSSR count). The summed E-state index contributed by atoms with van der Waals surface area (Å²) in [6, 6.07) is 13.9. The smallest absolute Gasteiger partial charge is 0.275 e. The number of ether oxygens (including phenoxy) is 1. The Balaban J connectivity index is 1.76. The van der Waals surface area contributed by atoms with Crippen LogP contribution in [0.3, 0.4) is 0 Å². The van der Waals surface area contributed by atoms with Crippen molar-refractivity contribution in [1.82, 2.24) is 5.32 Å². The van der Waals surface area contributed by atoms with E-state index < -0.39 is 0 Å². The van der Waals surface area contributed by atoms with Crippen molar-refractivity contribution >= 4 is 5.91 Å². The fraction of sp³-hybridized carbons (Fsp3) is 0.278. The highest BCUT2D eigenvalue weighted by atomic mass is 19.1. The standard InChI is InChI=1S/C18H21FN2O2/c1-21(12-15-5-9-17(23-2)10-6-15)13-18(22)20-11-14-3-7-16(19)8-4-14/h3-10H,11-13H2,1-2H3,(H,20,22)/p+1. The van der Waals surface area contributed by atoms with Gasteiger partial charge in [0.25, 0.3) is 5.91 Å². The second kappa shape index (κ2) is 8.29. The maximum Gasteiger partial charge on any atom is 0.275 e. The second-order valence-corrected chi connectivity index (χ2v) is 5.56. The summed E-state index contributed by atoms with van der Waals surface area (Å²) in [5.74, 6) is 0.521. The van der Waals surface area contributed by atoms with Gasteiger partial charge in [-0.05, 0) is 42.0 Å². The number of rotatable bonds is 7. The van der Waals surface area contributed by atoms with Crippen molar-refractivity contribution in [2.45, 2.75) is 13.1 Å². The van der Waals surface area contributed by atoms with Gasteiger partial charge in [0.05, 0.1) is 14.2 Å². The van der Waals surface area contributed by atoms with Crippen LogP contribution in [0.4, 0.5) is 4.39 Å². The van der Waals surface area contributed by atoms with E-state index in [4.69, 9.17) is 4.74 Å². The number of carbonyl (C=O) groups excluding carboxylic acids is 1. The first-order valence-corrected chi connectivity index (χ1v) is 7.52. The van der Waals surface area contributed by atoms with Gasteiger partial charge in [0.15, 0.2) is 6.54 Å². The molecule has 122 valence electrons. The van der Waals surface area contributed by atoms with Crippen LogP contribution in [0.1, 0.15) is 11.1 Å². The molecule has 0 aromatic heterocycles. The van der Waals surface area contributed by atoms with E-state index in [1.54, 1.807) is 19.2 Å². The molecular formula is C18H22FN2O2+. The van der Waals surface area contributed by atoms with Gasteiger partial charge in [0, 0.05) is 12.1 Å². The van der Waals surface area contributed by atoms with Crippen LogP contribution in [0.2, 0.25) is 0 Å². The minimum Gasteiger partial charge on any atom is -0.497 e. The number of hydrogen-bond acceptors (Lipinski definition) is 2. The number of likely N-dealkylation sites (N-methyl/N-ethyl adjacent to an activating group) is 1. The van der Waals surface area contributed by atoms with Gasteiger partial charge >= 0.3 is 0 Å². The van der Waals surface area contributed by atoms with Crippen LogP contribution in [-0.4, -0.2) is 26.6 Å². The van der Waals surface area contributed by atoms with Crippen LogP contribution in [-0.2, 0) is 17.9 Å². The zero-order valence-corrected chi connectivity index (χ0v) is 13.4. The molecule has 0 saturated carbocycles. The summed E-state index contributed by atoms with van der Waals surface area (Å²) in [5, 5.41) is 2.85. The third-order valence-electron chi connectivity index (χ3n) is 3.53. The first-order chi connectivity index (χ1) is 11.1. The third kappa shape index (κ3) is 5.71. The Morgan fingerprint density at radius 2 is 1.70 bits per heavy atom. The maximum atomic E-state index is 12.8. The molecule has 0 radical (unpaired) electrons. The topological polar surface area (TPSA) is 42.8 Å². The van der Waals surface area contributed by atoms with Crippen LogP contribution in [0.25, 0.3) is 0 Å². The third-order valence-corrected chi connectivity index (χ3v) is 3.53. The summed E-state index contributed by atoms with van der Waals surface area (Å²) in [5.41, 5.74) is 2.03. The van der Waals surface area contributed by atoms with E-state index in [0.29, 0.717) is 13.1 Å². The molecule has 0 heterocycles. The van der Waals surface area contributed by atoms with Crippen LogP contribution in [0.5, 0.6) is 5.75 Å². The lowest BCUT2D eigenvalue weighted by Crippen LogP contribution is -3.08. The zero-order chi connectivity index (χ0) is 16.7. The van der Waals surface area contributed by atoms with E-state index in [2.05, 4.69) is 5.32 Å². The number of halogens is 1. The Kier molecular flexibility index (Phi) is 6.11. The monoisotopic (exact) mass is 317 g/mol. The molecule has 0 aliphatic rings. The van der Waals surface area contributed by atoms with Gasteiger partial charge in [-0.2, -0.15) is 0 Å². The average Bonchev–Trinajstić information content (AvgIpc) is 2.55. The minimum absolute atomic E-state index is 0.0275. The number of carbonyl (C=O) groups is 1. The Hall–Kier alpha value is -2.40. The van der Waals surface area contributed by atoms with Crippen molar-refractivity contribution in [3.8, 4) is 5.75 Å². The quantitative estimate of drug-likeness (QED) is 0.805. The fourth-order valence-corrected chi connectivity index (χ4v) is 2.29. The van der Waals surface area contributed by atoms with Crippen molar-refractivity contribution in [1.29, 1.82) is 0 Å². The highest BCUT2D eigenvalue weighted by molar-refractivity contribution is 5.76. The fourth-order valence-electron chi connectivity index (χ4n) is 2.29. The first kappa shape index (κ1) is 17.0. The van der Waals surface area contributed by atoms with E-state index in [1.165, 1.54) is 12.1 Å². The maximum absolute atomic E-state index is 12.8. The predicted molar refractivity (Wildman–Crippen MR) is 86.7 cm³/mol. The van der Waals surface area contributed by atoms with E-state index >= 15 is 0 Å². The summed E-state index contributed by atoms with van der Waals surface area (Å²) >= 11 is 0. The molecule has 5 heteroatoms. The van der Waals surface area contributed by atoms with Gasteiger partial charge in [-0.25, -0.2) is 4.39 Å². The molecule has 0 aliphatic carbocycles. The SMILES string of the molecule is COc1ccc(C[NH+](C)CC(=O)NCc2ccc(F)cc2)cc1. The molecule has 4 nitrogen and oxygen atoms in total. The number of quaternary nitrogens is 1. The second-order valence-electron chi connectivity index (χ2n) is 5.56. The number of nitrogens with one attached hydrogen (secondary N) is 2. The lowest BCUT2D eigenvalue weighted by Gasteiger charge is -2.14. The molecule has 0 spiro atoms. The molecule has 0 fully saturated rings. The van der Waals surface area contributed by atoms with Crippen LogP contribution < -0.4 is 15.0 Å². The van der Waals surface area contributed by atoms with Crippen molar-refractivity contribution in [3.63, 3.8) is 0 Å². The zero-order valence-electron chi connectivity index (χ0n) is 13.4. The summed E-state index contributed by atoms with van der Waals surface area (Å²) in [4.78, 5) is 13.0. The molecule has 1 amide bonds. The van der Waals surface area contributed by atoms with E-state index in [9.17, 15) is 9.18 Å². The van der Waals surface area contributed by atoms with Gasteiger partial charge in [-0.15, -0.1) is 0 Å². The highest BCUT2D eigenvalue weighted by Gasteiger charge is 2.10. The van der Waals surface area contributed by atoms with Crippen molar-refractivity contribution in [2.75, 3.05) is 20.7 Å². The lowest BCUT2D eigenvalue weighted by atomic mass is 10.2. The average molecular weight is 317 g/mol. The summed E-state index contributed by atoms with van der Waals surface area (Å²) < 4.78 is 17.9. The molecule has 2 N–H and O–H groups in total. The summed E-state index contributed by atoms with van der Waals surface area (Å²) in [6.07, 6.45) is 0. The Labute approximate surface area is 135 Å². The molecule has 2 aromatic carbocycles. The van der Waals surface area contributed by atoms with Gasteiger partial charge in [0.2, 0.25) is 0 Å². The lowest BCUT2D eigenvalue weighted by molar-refractivity contribution is -0.885. The number of benzene rings is 2. The van der Waals surface area contributed by atoms with Gasteiger partial charge < -0.3 is 15.0 Å². The molecular weight excluding hydrogens is 295 g/mol. The van der Waals surface area contributed by atoms with E-state index in [1.807, 2.05) is 31.3 Å². The van der Waals surface area contributed by atoms with Crippen LogP contribution >= 0.6 is 0 Å². The first-order valence-electron chi connectivity index (χ1n) is 7.52. The van der Waals surface area contributed by atoms with Gasteiger partial charge in [-0.3, -0.25) is 4.79 Å². The predicted octanol–water partition coefficient (Wildman–Crippen LogP) is 1.17. The molecule has 2 aromatic rings. The Morgan fingerprint density at radius 3 is 2.30 bits per heavy atom. The normalized spacial score (nSPS) is 11.8. The Bertz CT molecular complexity index is 626. The molecule has 23 heavy (non-hydrogen) atoms. The van der Waals surface area contributed by atoms with Crippen molar-refractivity contribution < 1.29 is 18.8 Å². The number of methoxy groups -OCH3 is 1. The van der Waals surface area contributed by atoms with Crippen LogP contribution in [0, 0.1) is 5.82 Å². The molecule has 1 atom stereocenters. The number of hydrogen-bond donors (Lipinski definition) is 2. The molecule has 1 unspecified atom stereocenters.